The predicted octanol–water partition coefficient (Wildman–Crippen LogP) is 2.68. The van der Waals surface area contributed by atoms with E-state index in [2.05, 4.69) is 0 Å². The maximum absolute atomic E-state index is 11.3. The third kappa shape index (κ3) is 2.43. The minimum absolute atomic E-state index is 0.0156. The van der Waals surface area contributed by atoms with E-state index in [4.69, 9.17) is 27.9 Å². The zero-order valence-corrected chi connectivity index (χ0v) is 9.71. The largest absolute Gasteiger partial charge is 0.490 e. The first kappa shape index (κ1) is 12.7. The number of ether oxygens (including phenoxy) is 1. The summed E-state index contributed by atoms with van der Waals surface area (Å²) in [6.07, 6.45) is 0. The molecular formula is C9H7Cl2NO4. The number of ketones is 1. The van der Waals surface area contributed by atoms with Crippen LogP contribution in [-0.2, 0) is 0 Å². The second kappa shape index (κ2) is 5.14. The topological polar surface area (TPSA) is 69.4 Å². The van der Waals surface area contributed by atoms with Gasteiger partial charge in [0, 0.05) is 11.6 Å². The minimum atomic E-state index is -0.639. The Kier molecular flexibility index (Phi) is 4.09. The summed E-state index contributed by atoms with van der Waals surface area (Å²) in [4.78, 5) is 21.3. The van der Waals surface area contributed by atoms with Crippen LogP contribution in [0.3, 0.4) is 0 Å². The van der Waals surface area contributed by atoms with Crippen LogP contribution in [0.25, 0.3) is 0 Å². The van der Waals surface area contributed by atoms with E-state index in [0.717, 1.165) is 6.07 Å². The molecule has 0 saturated carbocycles. The van der Waals surface area contributed by atoms with E-state index < -0.39 is 10.7 Å². The van der Waals surface area contributed by atoms with E-state index in [-0.39, 0.29) is 27.9 Å². The Labute approximate surface area is 101 Å². The molecule has 0 N–H and O–H groups in total. The van der Waals surface area contributed by atoms with Gasteiger partial charge in [-0.15, -0.1) is 11.6 Å². The van der Waals surface area contributed by atoms with Gasteiger partial charge in [0.2, 0.25) is 0 Å². The van der Waals surface area contributed by atoms with Crippen molar-refractivity contribution in [3.63, 3.8) is 0 Å². The molecular weight excluding hydrogens is 257 g/mol. The average Bonchev–Trinajstić information content (AvgIpc) is 2.27. The van der Waals surface area contributed by atoms with Gasteiger partial charge in [-0.1, -0.05) is 11.6 Å². The Bertz CT molecular complexity index is 447. The Hall–Kier alpha value is -1.33. The maximum atomic E-state index is 11.3. The number of carbonyl (C=O) groups is 1. The Morgan fingerprint density at radius 3 is 2.62 bits per heavy atom. The van der Waals surface area contributed by atoms with Gasteiger partial charge in [0.15, 0.2) is 11.5 Å². The lowest BCUT2D eigenvalue weighted by Crippen LogP contribution is -2.03. The zero-order chi connectivity index (χ0) is 12.3. The van der Waals surface area contributed by atoms with Crippen LogP contribution in [0, 0.1) is 10.1 Å². The van der Waals surface area contributed by atoms with Crippen molar-refractivity contribution in [3.8, 4) is 5.75 Å². The Morgan fingerprint density at radius 1 is 1.56 bits per heavy atom. The Balaban J connectivity index is 3.37. The maximum Gasteiger partial charge on any atom is 0.312 e. The molecule has 1 aromatic carbocycles. The summed E-state index contributed by atoms with van der Waals surface area (Å²) in [5, 5.41) is 10.6. The Morgan fingerprint density at radius 2 is 2.19 bits per heavy atom. The van der Waals surface area contributed by atoms with Crippen molar-refractivity contribution in [3.05, 3.63) is 32.8 Å². The fraction of sp³-hybridized carbons (Fsp3) is 0.222. The lowest BCUT2D eigenvalue weighted by molar-refractivity contribution is -0.385. The highest BCUT2D eigenvalue weighted by atomic mass is 35.5. The van der Waals surface area contributed by atoms with Crippen LogP contribution in [0.15, 0.2) is 12.1 Å². The monoisotopic (exact) mass is 263 g/mol. The van der Waals surface area contributed by atoms with E-state index in [1.54, 1.807) is 0 Å². The highest BCUT2D eigenvalue weighted by Gasteiger charge is 2.20. The number of alkyl halides is 1. The van der Waals surface area contributed by atoms with E-state index in [1.165, 1.54) is 13.2 Å². The van der Waals surface area contributed by atoms with Crippen molar-refractivity contribution in [2.45, 2.75) is 0 Å². The fourth-order valence-electron chi connectivity index (χ4n) is 1.13. The molecule has 0 aliphatic rings. The van der Waals surface area contributed by atoms with Crippen LogP contribution in [0.4, 0.5) is 5.69 Å². The molecule has 0 spiro atoms. The molecule has 0 fully saturated rings. The van der Waals surface area contributed by atoms with E-state index in [1.807, 2.05) is 0 Å². The SMILES string of the molecule is COc1cc(C(=O)CCl)c(Cl)cc1[N+](=O)[O-]. The van der Waals surface area contributed by atoms with Crippen molar-refractivity contribution in [2.75, 3.05) is 13.0 Å². The summed E-state index contributed by atoms with van der Waals surface area (Å²) in [5.74, 6) is -0.691. The molecule has 0 radical (unpaired) electrons. The highest BCUT2D eigenvalue weighted by molar-refractivity contribution is 6.37. The first-order valence-electron chi connectivity index (χ1n) is 4.12. The molecule has 0 amide bonds. The third-order valence-electron chi connectivity index (χ3n) is 1.89. The average molecular weight is 264 g/mol. The van der Waals surface area contributed by atoms with Gasteiger partial charge in [-0.25, -0.2) is 0 Å². The van der Waals surface area contributed by atoms with Gasteiger partial charge in [0.05, 0.1) is 22.9 Å². The highest BCUT2D eigenvalue weighted by Crippen LogP contribution is 2.33. The van der Waals surface area contributed by atoms with Crippen LogP contribution >= 0.6 is 23.2 Å². The van der Waals surface area contributed by atoms with Crippen LogP contribution in [-0.4, -0.2) is 23.7 Å². The first-order valence-corrected chi connectivity index (χ1v) is 5.03. The van der Waals surface area contributed by atoms with Crippen LogP contribution in [0.2, 0.25) is 5.02 Å². The molecule has 16 heavy (non-hydrogen) atoms. The number of carbonyl (C=O) groups excluding carboxylic acids is 1. The summed E-state index contributed by atoms with van der Waals surface area (Å²) >= 11 is 11.1. The first-order chi connectivity index (χ1) is 7.51. The lowest BCUT2D eigenvalue weighted by atomic mass is 10.1. The van der Waals surface area contributed by atoms with Gasteiger partial charge >= 0.3 is 5.69 Å². The summed E-state index contributed by atoms with van der Waals surface area (Å²) in [7, 11) is 1.27. The summed E-state index contributed by atoms with van der Waals surface area (Å²) in [6.45, 7) is 0. The zero-order valence-electron chi connectivity index (χ0n) is 8.20. The molecule has 0 saturated heterocycles. The van der Waals surface area contributed by atoms with Crippen LogP contribution in [0.1, 0.15) is 10.4 Å². The van der Waals surface area contributed by atoms with Gasteiger partial charge in [0.1, 0.15) is 0 Å². The van der Waals surface area contributed by atoms with Crippen molar-refractivity contribution in [1.29, 1.82) is 0 Å². The molecule has 1 aromatic rings. The number of nitrogens with zero attached hydrogens (tertiary/aromatic N) is 1. The number of hydrogen-bond donors (Lipinski definition) is 0. The second-order valence-corrected chi connectivity index (χ2v) is 3.49. The molecule has 0 atom stereocenters. The van der Waals surface area contributed by atoms with E-state index in [0.29, 0.717) is 0 Å². The summed E-state index contributed by atoms with van der Waals surface area (Å²) in [6, 6.07) is 2.28. The number of hydrogen-bond acceptors (Lipinski definition) is 4. The fourth-order valence-corrected chi connectivity index (χ4v) is 1.54. The number of halogens is 2. The second-order valence-electron chi connectivity index (χ2n) is 2.82. The predicted molar refractivity (Wildman–Crippen MR) is 59.7 cm³/mol. The molecule has 0 heterocycles. The quantitative estimate of drug-likeness (QED) is 0.363. The van der Waals surface area contributed by atoms with Gasteiger partial charge in [0.25, 0.3) is 0 Å². The molecule has 0 unspecified atom stereocenters. The third-order valence-corrected chi connectivity index (χ3v) is 2.44. The van der Waals surface area contributed by atoms with Crippen molar-refractivity contribution < 1.29 is 14.5 Å². The van der Waals surface area contributed by atoms with E-state index in [9.17, 15) is 14.9 Å². The molecule has 0 aliphatic carbocycles. The smallest absolute Gasteiger partial charge is 0.312 e. The van der Waals surface area contributed by atoms with E-state index >= 15 is 0 Å². The molecule has 7 heteroatoms. The normalized spacial score (nSPS) is 9.94. The van der Waals surface area contributed by atoms with Crippen molar-refractivity contribution in [1.82, 2.24) is 0 Å². The van der Waals surface area contributed by atoms with Gasteiger partial charge in [-0.05, 0) is 6.07 Å². The number of Topliss-reactive ketones (excluding diaryl/α,β-unsaturated/α-hetero) is 1. The van der Waals surface area contributed by atoms with Crippen LogP contribution < -0.4 is 4.74 Å². The molecule has 0 aromatic heterocycles. The molecule has 5 nitrogen and oxygen atoms in total. The van der Waals surface area contributed by atoms with Gasteiger partial charge in [-0.3, -0.25) is 14.9 Å². The molecule has 86 valence electrons. The van der Waals surface area contributed by atoms with Gasteiger partial charge < -0.3 is 4.74 Å². The number of rotatable bonds is 4. The minimum Gasteiger partial charge on any atom is -0.490 e. The summed E-state index contributed by atoms with van der Waals surface area (Å²) in [5.41, 5.74) is -0.183. The molecule has 1 rings (SSSR count). The number of benzene rings is 1. The molecule has 0 aliphatic heterocycles. The lowest BCUT2D eigenvalue weighted by Gasteiger charge is -2.05. The molecule has 0 bridgehead atoms. The number of nitro benzene ring substituents is 1. The number of nitro groups is 1. The van der Waals surface area contributed by atoms with Crippen molar-refractivity contribution in [2.24, 2.45) is 0 Å². The number of methoxy groups -OCH3 is 1. The standard InChI is InChI=1S/C9H7Cl2NO4/c1-16-9-2-5(8(13)4-10)6(11)3-7(9)12(14)15/h2-3H,4H2,1H3. The van der Waals surface area contributed by atoms with Crippen LogP contribution in [0.5, 0.6) is 5.75 Å². The van der Waals surface area contributed by atoms with Gasteiger partial charge in [-0.2, -0.15) is 0 Å². The van der Waals surface area contributed by atoms with Crippen molar-refractivity contribution >= 4 is 34.7 Å². The summed E-state index contributed by atoms with van der Waals surface area (Å²) < 4.78 is 4.80.